The first-order chi connectivity index (χ1) is 6.06. The third-order valence-electron chi connectivity index (χ3n) is 2.20. The monoisotopic (exact) mass is 182 g/mol. The molecule has 4 heteroatoms. The molecule has 0 aliphatic carbocycles. The number of rotatable bonds is 3. The summed E-state index contributed by atoms with van der Waals surface area (Å²) in [4.78, 5) is 23.6. The third kappa shape index (κ3) is 1.95. The van der Waals surface area contributed by atoms with Crippen LogP contribution in [0.1, 0.15) is 13.3 Å². The Bertz CT molecular complexity index is 250. The second-order valence-corrected chi connectivity index (χ2v) is 3.24. The van der Waals surface area contributed by atoms with Crippen LogP contribution in [0.5, 0.6) is 0 Å². The molecule has 13 heavy (non-hydrogen) atoms. The standard InChI is InChI=1S/C9H14N2O2/c1-4-6(2)10-7-5-8(12)11(3)9(7)13/h4,6-7,10H,1,5H2,2-3H3. The number of nitrogens with one attached hydrogen (secondary N) is 1. The van der Waals surface area contributed by atoms with Crippen molar-refractivity contribution in [1.29, 1.82) is 0 Å². The maximum absolute atomic E-state index is 11.4. The Morgan fingerprint density at radius 2 is 2.31 bits per heavy atom. The Labute approximate surface area is 77.6 Å². The topological polar surface area (TPSA) is 49.4 Å². The molecular formula is C9H14N2O2. The lowest BCUT2D eigenvalue weighted by atomic mass is 10.2. The van der Waals surface area contributed by atoms with Crippen molar-refractivity contribution in [1.82, 2.24) is 10.2 Å². The molecule has 1 aliphatic heterocycles. The van der Waals surface area contributed by atoms with E-state index in [1.165, 1.54) is 7.05 Å². The molecule has 4 nitrogen and oxygen atoms in total. The van der Waals surface area contributed by atoms with Gasteiger partial charge in [-0.05, 0) is 6.92 Å². The summed E-state index contributed by atoms with van der Waals surface area (Å²) >= 11 is 0. The summed E-state index contributed by atoms with van der Waals surface area (Å²) in [6, 6.07) is -0.321. The van der Waals surface area contributed by atoms with Crippen LogP contribution in [0.15, 0.2) is 12.7 Å². The van der Waals surface area contributed by atoms with Crippen LogP contribution in [0.25, 0.3) is 0 Å². The van der Waals surface area contributed by atoms with E-state index in [4.69, 9.17) is 0 Å². The van der Waals surface area contributed by atoms with Crippen LogP contribution in [0.3, 0.4) is 0 Å². The smallest absolute Gasteiger partial charge is 0.246 e. The highest BCUT2D eigenvalue weighted by Crippen LogP contribution is 2.10. The van der Waals surface area contributed by atoms with Gasteiger partial charge in [0.15, 0.2) is 0 Å². The van der Waals surface area contributed by atoms with E-state index >= 15 is 0 Å². The fourth-order valence-electron chi connectivity index (χ4n) is 1.27. The van der Waals surface area contributed by atoms with Gasteiger partial charge in [-0.3, -0.25) is 19.8 Å². The molecular weight excluding hydrogens is 168 g/mol. The van der Waals surface area contributed by atoms with Crippen molar-refractivity contribution in [2.75, 3.05) is 7.05 Å². The van der Waals surface area contributed by atoms with E-state index in [0.717, 1.165) is 4.90 Å². The lowest BCUT2D eigenvalue weighted by molar-refractivity contribution is -0.137. The van der Waals surface area contributed by atoms with Gasteiger partial charge in [-0.1, -0.05) is 6.08 Å². The molecule has 72 valence electrons. The summed E-state index contributed by atoms with van der Waals surface area (Å²) in [6.07, 6.45) is 1.96. The van der Waals surface area contributed by atoms with Crippen molar-refractivity contribution < 1.29 is 9.59 Å². The zero-order chi connectivity index (χ0) is 10.0. The minimum Gasteiger partial charge on any atom is -0.299 e. The number of hydrogen-bond donors (Lipinski definition) is 1. The van der Waals surface area contributed by atoms with E-state index in [2.05, 4.69) is 11.9 Å². The van der Waals surface area contributed by atoms with Crippen molar-refractivity contribution in [2.45, 2.75) is 25.4 Å². The number of nitrogens with zero attached hydrogens (tertiary/aromatic N) is 1. The molecule has 0 saturated carbocycles. The maximum atomic E-state index is 11.4. The molecule has 1 heterocycles. The van der Waals surface area contributed by atoms with Gasteiger partial charge in [0.2, 0.25) is 11.8 Å². The van der Waals surface area contributed by atoms with Gasteiger partial charge >= 0.3 is 0 Å². The van der Waals surface area contributed by atoms with E-state index < -0.39 is 0 Å². The first-order valence-corrected chi connectivity index (χ1v) is 4.25. The molecule has 1 aliphatic rings. The van der Waals surface area contributed by atoms with Crippen LogP contribution in [0.2, 0.25) is 0 Å². The van der Waals surface area contributed by atoms with Crippen LogP contribution in [-0.4, -0.2) is 35.8 Å². The Hall–Kier alpha value is -1.16. The number of amides is 2. The lowest BCUT2D eigenvalue weighted by Gasteiger charge is -2.13. The normalized spacial score (nSPS) is 25.1. The highest BCUT2D eigenvalue weighted by molar-refractivity contribution is 6.05. The van der Waals surface area contributed by atoms with Gasteiger partial charge in [0, 0.05) is 13.1 Å². The quantitative estimate of drug-likeness (QED) is 0.490. The summed E-state index contributed by atoms with van der Waals surface area (Å²) < 4.78 is 0. The molecule has 0 aromatic heterocycles. The third-order valence-corrected chi connectivity index (χ3v) is 2.20. The van der Waals surface area contributed by atoms with Gasteiger partial charge in [-0.2, -0.15) is 0 Å². The number of imide groups is 1. The summed E-state index contributed by atoms with van der Waals surface area (Å²) in [6.45, 7) is 5.49. The Kier molecular flexibility index (Phi) is 2.83. The van der Waals surface area contributed by atoms with Crippen molar-refractivity contribution in [3.05, 3.63) is 12.7 Å². The minimum absolute atomic E-state index is 0.0493. The van der Waals surface area contributed by atoms with E-state index in [1.54, 1.807) is 6.08 Å². The van der Waals surface area contributed by atoms with Crippen LogP contribution in [0.4, 0.5) is 0 Å². The van der Waals surface area contributed by atoms with Crippen LogP contribution < -0.4 is 5.32 Å². The van der Waals surface area contributed by atoms with Gasteiger partial charge in [-0.25, -0.2) is 0 Å². The molecule has 0 aromatic rings. The first-order valence-electron chi connectivity index (χ1n) is 4.25. The predicted octanol–water partition coefficient (Wildman–Crippen LogP) is -0.0922. The predicted molar refractivity (Wildman–Crippen MR) is 49.0 cm³/mol. The van der Waals surface area contributed by atoms with E-state index in [1.807, 2.05) is 6.92 Å². The maximum Gasteiger partial charge on any atom is 0.246 e. The van der Waals surface area contributed by atoms with Crippen LogP contribution in [0, 0.1) is 0 Å². The van der Waals surface area contributed by atoms with Crippen molar-refractivity contribution >= 4 is 11.8 Å². The summed E-state index contributed by atoms with van der Waals surface area (Å²) in [7, 11) is 1.50. The lowest BCUT2D eigenvalue weighted by Crippen LogP contribution is -2.41. The average molecular weight is 182 g/mol. The van der Waals surface area contributed by atoms with Gasteiger partial charge in [0.1, 0.15) is 0 Å². The number of carbonyl (C=O) groups excluding carboxylic acids is 2. The zero-order valence-corrected chi connectivity index (χ0v) is 7.91. The van der Waals surface area contributed by atoms with Gasteiger partial charge in [0.05, 0.1) is 12.5 Å². The van der Waals surface area contributed by atoms with Gasteiger partial charge in [-0.15, -0.1) is 6.58 Å². The highest BCUT2D eigenvalue weighted by atomic mass is 16.2. The van der Waals surface area contributed by atoms with Gasteiger partial charge < -0.3 is 0 Å². The Morgan fingerprint density at radius 3 is 2.69 bits per heavy atom. The van der Waals surface area contributed by atoms with Crippen LogP contribution in [-0.2, 0) is 9.59 Å². The number of carbonyl (C=O) groups is 2. The molecule has 1 rings (SSSR count). The number of hydrogen-bond acceptors (Lipinski definition) is 3. The number of likely N-dealkylation sites (tertiary alicyclic amines) is 1. The SMILES string of the molecule is C=CC(C)NC1CC(=O)N(C)C1=O. The van der Waals surface area contributed by atoms with Crippen molar-refractivity contribution in [3.8, 4) is 0 Å². The molecule has 2 atom stereocenters. The highest BCUT2D eigenvalue weighted by Gasteiger charge is 2.35. The second kappa shape index (κ2) is 3.70. The molecule has 0 spiro atoms. The Balaban J connectivity index is 2.59. The largest absolute Gasteiger partial charge is 0.299 e. The van der Waals surface area contributed by atoms with Crippen molar-refractivity contribution in [3.63, 3.8) is 0 Å². The molecule has 2 unspecified atom stereocenters. The van der Waals surface area contributed by atoms with E-state index in [0.29, 0.717) is 0 Å². The summed E-state index contributed by atoms with van der Waals surface area (Å²) in [5.41, 5.74) is 0. The van der Waals surface area contributed by atoms with Crippen molar-refractivity contribution in [2.24, 2.45) is 0 Å². The average Bonchev–Trinajstić information content (AvgIpc) is 2.34. The summed E-state index contributed by atoms with van der Waals surface area (Å²) in [5.74, 6) is -0.280. The molecule has 0 aromatic carbocycles. The fourth-order valence-corrected chi connectivity index (χ4v) is 1.27. The van der Waals surface area contributed by atoms with Crippen LogP contribution >= 0.6 is 0 Å². The second-order valence-electron chi connectivity index (χ2n) is 3.24. The van der Waals surface area contributed by atoms with E-state index in [9.17, 15) is 9.59 Å². The zero-order valence-electron chi connectivity index (χ0n) is 7.91. The molecule has 2 amide bonds. The Morgan fingerprint density at radius 1 is 1.69 bits per heavy atom. The first kappa shape index (κ1) is 9.92. The minimum atomic E-state index is -0.370. The molecule has 0 bridgehead atoms. The summed E-state index contributed by atoms with van der Waals surface area (Å²) in [5, 5.41) is 3.01. The molecule has 1 N–H and O–H groups in total. The fraction of sp³-hybridized carbons (Fsp3) is 0.556. The molecule has 0 radical (unpaired) electrons. The van der Waals surface area contributed by atoms with E-state index in [-0.39, 0.29) is 30.3 Å². The molecule has 1 saturated heterocycles. The number of likely N-dealkylation sites (N-methyl/N-ethyl adjacent to an activating group) is 1. The molecule has 1 fully saturated rings. The van der Waals surface area contributed by atoms with Gasteiger partial charge in [0.25, 0.3) is 0 Å².